The first-order valence-corrected chi connectivity index (χ1v) is 11.1. The predicted molar refractivity (Wildman–Crippen MR) is 124 cm³/mol. The van der Waals surface area contributed by atoms with Crippen LogP contribution in [0.2, 0.25) is 5.02 Å². The van der Waals surface area contributed by atoms with Crippen LogP contribution in [0.25, 0.3) is 6.08 Å². The third kappa shape index (κ3) is 5.53. The largest absolute Gasteiger partial charge is 0.486 e. The molecule has 1 saturated heterocycles. The normalized spacial score (nSPS) is 15.7. The minimum atomic E-state index is -0.266. The lowest BCUT2D eigenvalue weighted by molar-refractivity contribution is -0.131. The Hall–Kier alpha value is -3.19. The molecule has 2 amide bonds. The van der Waals surface area contributed by atoms with Crippen LogP contribution < -0.4 is 19.7 Å². The molecule has 2 aliphatic heterocycles. The highest BCUT2D eigenvalue weighted by Crippen LogP contribution is 2.38. The van der Waals surface area contributed by atoms with Crippen molar-refractivity contribution in [3.63, 3.8) is 0 Å². The zero-order valence-electron chi connectivity index (χ0n) is 17.8. The van der Waals surface area contributed by atoms with Gasteiger partial charge in [0.25, 0.3) is 0 Å². The molecule has 4 rings (SSSR count). The van der Waals surface area contributed by atoms with Gasteiger partial charge in [-0.05, 0) is 35.9 Å². The number of ether oxygens (including phenoxy) is 2. The van der Waals surface area contributed by atoms with Crippen molar-refractivity contribution in [2.24, 2.45) is 0 Å². The molecule has 2 aliphatic rings. The molecule has 2 heterocycles. The summed E-state index contributed by atoms with van der Waals surface area (Å²) < 4.78 is 11.0. The topological polar surface area (TPSA) is 71.1 Å². The Bertz CT molecular complexity index is 988. The van der Waals surface area contributed by atoms with Crippen molar-refractivity contribution in [2.45, 2.75) is 6.42 Å². The van der Waals surface area contributed by atoms with Crippen LogP contribution in [-0.2, 0) is 9.59 Å². The summed E-state index contributed by atoms with van der Waals surface area (Å²) in [5.74, 6) is 0.891. The maximum atomic E-state index is 12.5. The van der Waals surface area contributed by atoms with Crippen molar-refractivity contribution in [1.29, 1.82) is 0 Å². The van der Waals surface area contributed by atoms with Crippen LogP contribution in [0.4, 0.5) is 5.69 Å². The summed E-state index contributed by atoms with van der Waals surface area (Å²) in [4.78, 5) is 28.7. The lowest BCUT2D eigenvalue weighted by atomic mass is 10.1. The number of carbonyl (C=O) groups excluding carboxylic acids is 2. The average Bonchev–Trinajstić information content (AvgIpc) is 2.83. The van der Waals surface area contributed by atoms with E-state index in [9.17, 15) is 9.59 Å². The van der Waals surface area contributed by atoms with Crippen molar-refractivity contribution in [2.75, 3.05) is 50.8 Å². The molecule has 168 valence electrons. The van der Waals surface area contributed by atoms with Gasteiger partial charge in [-0.15, -0.1) is 0 Å². The molecule has 0 spiro atoms. The van der Waals surface area contributed by atoms with E-state index in [2.05, 4.69) is 22.3 Å². The number of benzene rings is 2. The van der Waals surface area contributed by atoms with Gasteiger partial charge in [0.2, 0.25) is 11.8 Å². The van der Waals surface area contributed by atoms with E-state index in [4.69, 9.17) is 21.1 Å². The zero-order valence-corrected chi connectivity index (χ0v) is 18.5. The number of nitrogens with one attached hydrogen (secondary N) is 1. The molecule has 0 radical (unpaired) electrons. The number of amides is 2. The fourth-order valence-electron chi connectivity index (χ4n) is 3.76. The first kappa shape index (κ1) is 22.0. The second-order valence-corrected chi connectivity index (χ2v) is 8.01. The van der Waals surface area contributed by atoms with Gasteiger partial charge < -0.3 is 24.6 Å². The van der Waals surface area contributed by atoms with Gasteiger partial charge in [0.05, 0.1) is 5.02 Å². The number of piperazine rings is 1. The van der Waals surface area contributed by atoms with Crippen molar-refractivity contribution in [1.82, 2.24) is 10.2 Å². The van der Waals surface area contributed by atoms with Gasteiger partial charge in [0, 0.05) is 50.9 Å². The Morgan fingerprint density at radius 3 is 2.56 bits per heavy atom. The minimum absolute atomic E-state index is 0.0561. The summed E-state index contributed by atoms with van der Waals surface area (Å²) >= 11 is 6.21. The lowest BCUT2D eigenvalue weighted by Crippen LogP contribution is -2.49. The van der Waals surface area contributed by atoms with E-state index in [0.717, 1.165) is 18.7 Å². The number of hydrogen-bond donors (Lipinski definition) is 1. The lowest BCUT2D eigenvalue weighted by Gasteiger charge is -2.36. The number of nitrogens with zero attached hydrogens (tertiary/aromatic N) is 2. The summed E-state index contributed by atoms with van der Waals surface area (Å²) in [6.07, 6.45) is 3.36. The smallest absolute Gasteiger partial charge is 0.244 e. The molecule has 8 heteroatoms. The van der Waals surface area contributed by atoms with Gasteiger partial charge in [0.15, 0.2) is 11.5 Å². The molecule has 2 aromatic carbocycles. The molecule has 0 saturated carbocycles. The van der Waals surface area contributed by atoms with Crippen LogP contribution in [0.15, 0.2) is 48.5 Å². The molecule has 1 N–H and O–H groups in total. The predicted octanol–water partition coefficient (Wildman–Crippen LogP) is 2.98. The van der Waals surface area contributed by atoms with Gasteiger partial charge in [0.1, 0.15) is 13.2 Å². The summed E-state index contributed by atoms with van der Waals surface area (Å²) in [7, 11) is 0. The van der Waals surface area contributed by atoms with Crippen molar-refractivity contribution in [3.05, 3.63) is 59.1 Å². The number of halogens is 1. The van der Waals surface area contributed by atoms with Gasteiger partial charge in [-0.1, -0.05) is 29.8 Å². The first-order chi connectivity index (χ1) is 15.6. The third-order valence-electron chi connectivity index (χ3n) is 5.44. The second kappa shape index (κ2) is 10.4. The Morgan fingerprint density at radius 1 is 1.03 bits per heavy atom. The van der Waals surface area contributed by atoms with Gasteiger partial charge in [-0.3, -0.25) is 9.59 Å². The molecule has 0 atom stereocenters. The number of fused-ring (bicyclic) bond motifs is 1. The highest BCUT2D eigenvalue weighted by molar-refractivity contribution is 6.32. The summed E-state index contributed by atoms with van der Waals surface area (Å²) in [6, 6.07) is 13.7. The van der Waals surface area contributed by atoms with Crippen LogP contribution in [0.5, 0.6) is 11.5 Å². The van der Waals surface area contributed by atoms with E-state index in [-0.39, 0.29) is 18.2 Å². The van der Waals surface area contributed by atoms with E-state index in [1.54, 1.807) is 18.2 Å². The number of anilines is 1. The number of carbonyl (C=O) groups is 2. The van der Waals surface area contributed by atoms with E-state index in [1.165, 1.54) is 11.8 Å². The average molecular weight is 456 g/mol. The molecule has 1 fully saturated rings. The van der Waals surface area contributed by atoms with Crippen molar-refractivity contribution >= 4 is 35.2 Å². The minimum Gasteiger partial charge on any atom is -0.486 e. The Labute approximate surface area is 192 Å². The molecule has 32 heavy (non-hydrogen) atoms. The third-order valence-corrected chi connectivity index (χ3v) is 5.72. The van der Waals surface area contributed by atoms with Crippen LogP contribution in [0, 0.1) is 0 Å². The van der Waals surface area contributed by atoms with Crippen LogP contribution in [0.3, 0.4) is 0 Å². The van der Waals surface area contributed by atoms with Gasteiger partial charge in [-0.2, -0.15) is 0 Å². The Morgan fingerprint density at radius 2 is 1.78 bits per heavy atom. The van der Waals surface area contributed by atoms with E-state index < -0.39 is 0 Å². The zero-order chi connectivity index (χ0) is 22.3. The Balaban J connectivity index is 1.20. The van der Waals surface area contributed by atoms with E-state index in [0.29, 0.717) is 49.4 Å². The Kier molecular flexibility index (Phi) is 7.17. The molecule has 0 bridgehead atoms. The SMILES string of the molecule is O=C(/C=C/c1cc(Cl)c2c(c1)OCCO2)NCCC(=O)N1CCN(c2ccccc2)CC1. The highest BCUT2D eigenvalue weighted by atomic mass is 35.5. The molecule has 0 aliphatic carbocycles. The quantitative estimate of drug-likeness (QED) is 0.678. The molecule has 0 aromatic heterocycles. The molecular formula is C24H26ClN3O4. The highest BCUT2D eigenvalue weighted by Gasteiger charge is 2.21. The second-order valence-electron chi connectivity index (χ2n) is 7.60. The number of para-hydroxylation sites is 1. The number of rotatable bonds is 6. The van der Waals surface area contributed by atoms with Gasteiger partial charge in [-0.25, -0.2) is 0 Å². The monoisotopic (exact) mass is 455 g/mol. The van der Waals surface area contributed by atoms with E-state index >= 15 is 0 Å². The standard InChI is InChI=1S/C24H26ClN3O4/c25-20-16-18(17-21-24(20)32-15-14-31-21)6-7-22(29)26-9-8-23(30)28-12-10-27(11-13-28)19-4-2-1-3-5-19/h1-7,16-17H,8-15H2,(H,26,29)/b7-6+. The number of hydrogen-bond acceptors (Lipinski definition) is 5. The summed E-state index contributed by atoms with van der Waals surface area (Å²) in [5.41, 5.74) is 1.92. The molecule has 0 unspecified atom stereocenters. The van der Waals surface area contributed by atoms with Crippen LogP contribution in [0.1, 0.15) is 12.0 Å². The van der Waals surface area contributed by atoms with Gasteiger partial charge >= 0.3 is 0 Å². The first-order valence-electron chi connectivity index (χ1n) is 10.7. The van der Waals surface area contributed by atoms with E-state index in [1.807, 2.05) is 23.1 Å². The molecule has 7 nitrogen and oxygen atoms in total. The van der Waals surface area contributed by atoms with Crippen LogP contribution in [-0.4, -0.2) is 62.7 Å². The maximum Gasteiger partial charge on any atom is 0.244 e. The fraction of sp³-hybridized carbons (Fsp3) is 0.333. The maximum absolute atomic E-state index is 12.5. The van der Waals surface area contributed by atoms with Crippen molar-refractivity contribution in [3.8, 4) is 11.5 Å². The van der Waals surface area contributed by atoms with Crippen LogP contribution >= 0.6 is 11.6 Å². The molecular weight excluding hydrogens is 430 g/mol. The molecule has 2 aromatic rings. The summed E-state index contributed by atoms with van der Waals surface area (Å²) in [5, 5.41) is 3.21. The summed E-state index contributed by atoms with van der Waals surface area (Å²) in [6.45, 7) is 4.21. The fourth-order valence-corrected chi connectivity index (χ4v) is 4.04. The van der Waals surface area contributed by atoms with Crippen molar-refractivity contribution < 1.29 is 19.1 Å².